The molecular formula is C13H10ClFO3S. The van der Waals surface area contributed by atoms with Crippen LogP contribution in [0.15, 0.2) is 47.4 Å². The molecule has 19 heavy (non-hydrogen) atoms. The van der Waals surface area contributed by atoms with Gasteiger partial charge in [0.15, 0.2) is 0 Å². The van der Waals surface area contributed by atoms with Crippen molar-refractivity contribution in [2.24, 2.45) is 0 Å². The Morgan fingerprint density at radius 3 is 2.47 bits per heavy atom. The number of hydrogen-bond acceptors (Lipinski definition) is 3. The van der Waals surface area contributed by atoms with Gasteiger partial charge in [-0.2, -0.15) is 0 Å². The second-order valence-corrected chi connectivity index (χ2v) is 6.38. The van der Waals surface area contributed by atoms with Crippen LogP contribution < -0.4 is 4.74 Å². The predicted molar refractivity (Wildman–Crippen MR) is 71.4 cm³/mol. The number of benzene rings is 2. The molecule has 0 N–H and O–H groups in total. The zero-order valence-corrected chi connectivity index (χ0v) is 11.5. The van der Waals surface area contributed by atoms with Gasteiger partial charge in [0.25, 0.3) is 9.05 Å². The lowest BCUT2D eigenvalue weighted by Gasteiger charge is -2.09. The van der Waals surface area contributed by atoms with Gasteiger partial charge in [0.1, 0.15) is 11.6 Å². The van der Waals surface area contributed by atoms with Crippen molar-refractivity contribution in [3.63, 3.8) is 0 Å². The molecule has 100 valence electrons. The van der Waals surface area contributed by atoms with Gasteiger partial charge >= 0.3 is 0 Å². The van der Waals surface area contributed by atoms with Crippen LogP contribution in [0.5, 0.6) is 5.75 Å². The van der Waals surface area contributed by atoms with Gasteiger partial charge in [0.05, 0.1) is 12.0 Å². The monoisotopic (exact) mass is 300 g/mol. The van der Waals surface area contributed by atoms with E-state index in [1.165, 1.54) is 19.2 Å². The van der Waals surface area contributed by atoms with Crippen molar-refractivity contribution in [2.45, 2.75) is 4.90 Å². The van der Waals surface area contributed by atoms with Crippen molar-refractivity contribution in [3.8, 4) is 16.9 Å². The quantitative estimate of drug-likeness (QED) is 0.816. The highest BCUT2D eigenvalue weighted by Crippen LogP contribution is 2.32. The Bertz CT molecular complexity index is 714. The summed E-state index contributed by atoms with van der Waals surface area (Å²) in [5.74, 6) is -0.159. The average Bonchev–Trinajstić information content (AvgIpc) is 2.37. The molecule has 0 heterocycles. The first kappa shape index (κ1) is 13.8. The molecule has 0 aromatic heterocycles. The van der Waals surface area contributed by atoms with E-state index in [2.05, 4.69) is 0 Å². The zero-order valence-electron chi connectivity index (χ0n) is 9.93. The Kier molecular flexibility index (Phi) is 3.78. The van der Waals surface area contributed by atoms with Gasteiger partial charge in [-0.05, 0) is 29.8 Å². The average molecular weight is 301 g/mol. The van der Waals surface area contributed by atoms with E-state index in [-0.39, 0.29) is 4.90 Å². The summed E-state index contributed by atoms with van der Waals surface area (Å²) in [7, 11) is 2.74. The zero-order chi connectivity index (χ0) is 14.0. The highest BCUT2D eigenvalue weighted by atomic mass is 35.7. The minimum Gasteiger partial charge on any atom is -0.496 e. The topological polar surface area (TPSA) is 43.4 Å². The molecule has 0 aliphatic rings. The molecule has 6 heteroatoms. The summed E-state index contributed by atoms with van der Waals surface area (Å²) < 4.78 is 41.3. The first-order valence-corrected chi connectivity index (χ1v) is 7.61. The van der Waals surface area contributed by atoms with E-state index in [9.17, 15) is 12.8 Å². The molecule has 0 bridgehead atoms. The second kappa shape index (κ2) is 5.19. The Hall–Kier alpha value is -1.59. The van der Waals surface area contributed by atoms with Gasteiger partial charge in [-0.3, -0.25) is 0 Å². The van der Waals surface area contributed by atoms with Crippen molar-refractivity contribution >= 4 is 19.7 Å². The van der Waals surface area contributed by atoms with Crippen LogP contribution in [0, 0.1) is 5.82 Å². The predicted octanol–water partition coefficient (Wildman–Crippen LogP) is 3.43. The van der Waals surface area contributed by atoms with Crippen molar-refractivity contribution in [1.82, 2.24) is 0 Å². The van der Waals surface area contributed by atoms with E-state index in [0.717, 1.165) is 6.07 Å². The number of hydrogen-bond donors (Lipinski definition) is 0. The van der Waals surface area contributed by atoms with Crippen LogP contribution in [0.25, 0.3) is 11.1 Å². The third-order valence-corrected chi connectivity index (χ3v) is 3.90. The summed E-state index contributed by atoms with van der Waals surface area (Å²) in [6.45, 7) is 0. The Morgan fingerprint density at radius 1 is 1.16 bits per heavy atom. The molecule has 0 saturated heterocycles. The molecule has 0 atom stereocenters. The minimum absolute atomic E-state index is 0.282. The summed E-state index contributed by atoms with van der Waals surface area (Å²) in [6.07, 6.45) is 0. The lowest BCUT2D eigenvalue weighted by atomic mass is 10.0. The molecule has 0 unspecified atom stereocenters. The van der Waals surface area contributed by atoms with Gasteiger partial charge in [-0.15, -0.1) is 0 Å². The van der Waals surface area contributed by atoms with Crippen LogP contribution in [-0.4, -0.2) is 15.5 Å². The summed E-state index contributed by atoms with van der Waals surface area (Å²) in [4.78, 5) is -0.282. The van der Waals surface area contributed by atoms with Gasteiger partial charge in [0, 0.05) is 16.2 Å². The third kappa shape index (κ3) is 3.05. The number of rotatable bonds is 3. The van der Waals surface area contributed by atoms with E-state index in [0.29, 0.717) is 16.9 Å². The van der Waals surface area contributed by atoms with E-state index in [4.69, 9.17) is 15.4 Å². The molecule has 0 fully saturated rings. The van der Waals surface area contributed by atoms with Crippen molar-refractivity contribution < 1.29 is 17.5 Å². The largest absolute Gasteiger partial charge is 0.496 e. The first-order valence-electron chi connectivity index (χ1n) is 5.30. The van der Waals surface area contributed by atoms with Crippen molar-refractivity contribution in [3.05, 3.63) is 48.3 Å². The fraction of sp³-hybridized carbons (Fsp3) is 0.0769. The maximum atomic E-state index is 13.5. The second-order valence-electron chi connectivity index (χ2n) is 3.81. The van der Waals surface area contributed by atoms with E-state index in [1.807, 2.05) is 0 Å². The third-order valence-electron chi connectivity index (χ3n) is 2.57. The van der Waals surface area contributed by atoms with Crippen LogP contribution >= 0.6 is 10.7 Å². The van der Waals surface area contributed by atoms with E-state index < -0.39 is 14.9 Å². The Labute approximate surface area is 115 Å². The lowest BCUT2D eigenvalue weighted by molar-refractivity contribution is 0.416. The SMILES string of the molecule is COc1ccccc1-c1cc(F)cc(S(=O)(=O)Cl)c1. The summed E-state index contributed by atoms with van der Waals surface area (Å²) in [5.41, 5.74) is 0.975. The van der Waals surface area contributed by atoms with E-state index >= 15 is 0 Å². The molecule has 0 spiro atoms. The Balaban J connectivity index is 2.66. The van der Waals surface area contributed by atoms with Crippen molar-refractivity contribution in [1.29, 1.82) is 0 Å². The number of ether oxygens (including phenoxy) is 1. The van der Waals surface area contributed by atoms with Crippen molar-refractivity contribution in [2.75, 3.05) is 7.11 Å². The number of methoxy groups -OCH3 is 1. The standard InChI is InChI=1S/C13H10ClFO3S/c1-18-13-5-3-2-4-12(13)9-6-10(15)8-11(7-9)19(14,16)17/h2-8H,1H3. The molecule has 0 aliphatic carbocycles. The van der Waals surface area contributed by atoms with Crippen LogP contribution in [0.4, 0.5) is 4.39 Å². The molecule has 3 nitrogen and oxygen atoms in total. The molecule has 2 rings (SSSR count). The highest BCUT2D eigenvalue weighted by Gasteiger charge is 2.15. The first-order chi connectivity index (χ1) is 8.91. The molecule has 0 radical (unpaired) electrons. The Morgan fingerprint density at radius 2 is 1.84 bits per heavy atom. The molecule has 0 saturated carbocycles. The highest BCUT2D eigenvalue weighted by molar-refractivity contribution is 8.13. The van der Waals surface area contributed by atoms with Crippen LogP contribution in [0.1, 0.15) is 0 Å². The molecule has 2 aromatic rings. The van der Waals surface area contributed by atoms with Crippen LogP contribution in [0.3, 0.4) is 0 Å². The minimum atomic E-state index is -3.98. The van der Waals surface area contributed by atoms with Gasteiger partial charge in [0.2, 0.25) is 0 Å². The fourth-order valence-electron chi connectivity index (χ4n) is 1.74. The summed E-state index contributed by atoms with van der Waals surface area (Å²) in [5, 5.41) is 0. The molecule has 0 aliphatic heterocycles. The number of halogens is 2. The van der Waals surface area contributed by atoms with E-state index in [1.54, 1.807) is 24.3 Å². The molecule has 0 amide bonds. The lowest BCUT2D eigenvalue weighted by Crippen LogP contribution is -1.94. The fourth-order valence-corrected chi connectivity index (χ4v) is 2.53. The maximum absolute atomic E-state index is 13.5. The summed E-state index contributed by atoms with van der Waals surface area (Å²) in [6, 6.07) is 10.3. The van der Waals surface area contributed by atoms with Gasteiger partial charge < -0.3 is 4.74 Å². The normalized spacial score (nSPS) is 11.3. The number of para-hydroxylation sites is 1. The smallest absolute Gasteiger partial charge is 0.261 e. The maximum Gasteiger partial charge on any atom is 0.261 e. The van der Waals surface area contributed by atoms with Gasteiger partial charge in [-0.1, -0.05) is 18.2 Å². The van der Waals surface area contributed by atoms with Crippen LogP contribution in [0.2, 0.25) is 0 Å². The molecular weight excluding hydrogens is 291 g/mol. The van der Waals surface area contributed by atoms with Crippen LogP contribution in [-0.2, 0) is 9.05 Å². The summed E-state index contributed by atoms with van der Waals surface area (Å²) >= 11 is 0. The van der Waals surface area contributed by atoms with Gasteiger partial charge in [-0.25, -0.2) is 12.8 Å². The molecule has 2 aromatic carbocycles.